The number of anilines is 1. The van der Waals surface area contributed by atoms with Gasteiger partial charge in [-0.1, -0.05) is 22.9 Å². The summed E-state index contributed by atoms with van der Waals surface area (Å²) in [5.74, 6) is 0.0350. The minimum atomic E-state index is 0.0350. The van der Waals surface area contributed by atoms with Gasteiger partial charge in [-0.15, -0.1) is 5.10 Å². The molecular formula is C19H20N4O. The highest BCUT2D eigenvalue weighted by Crippen LogP contribution is 2.29. The van der Waals surface area contributed by atoms with Crippen molar-refractivity contribution in [2.24, 2.45) is 0 Å². The van der Waals surface area contributed by atoms with Crippen molar-refractivity contribution in [2.45, 2.75) is 33.2 Å². The van der Waals surface area contributed by atoms with Crippen LogP contribution in [0, 0.1) is 6.92 Å². The van der Waals surface area contributed by atoms with E-state index in [1.807, 2.05) is 34.7 Å². The SMILES string of the molecule is CCn1nnc2cc(C(=O)N3CCCc4cc(C)ccc43)ccc21. The minimum absolute atomic E-state index is 0.0350. The standard InChI is InChI=1S/C19H20N4O/c1-3-23-18-9-7-15(12-16(18)20-21-23)19(24)22-10-4-5-14-11-13(2)6-8-17(14)22/h6-9,11-12H,3-5,10H2,1-2H3. The molecule has 122 valence electrons. The van der Waals surface area contributed by atoms with E-state index in [4.69, 9.17) is 0 Å². The van der Waals surface area contributed by atoms with E-state index in [1.54, 1.807) is 0 Å². The van der Waals surface area contributed by atoms with E-state index in [2.05, 4.69) is 35.4 Å². The maximum atomic E-state index is 13.0. The zero-order valence-electron chi connectivity index (χ0n) is 14.0. The van der Waals surface area contributed by atoms with Crippen LogP contribution in [0.5, 0.6) is 0 Å². The zero-order valence-corrected chi connectivity index (χ0v) is 14.0. The Kier molecular flexibility index (Phi) is 3.56. The lowest BCUT2D eigenvalue weighted by atomic mass is 9.99. The molecule has 1 amide bonds. The number of aromatic nitrogens is 3. The summed E-state index contributed by atoms with van der Waals surface area (Å²) >= 11 is 0. The van der Waals surface area contributed by atoms with E-state index < -0.39 is 0 Å². The molecule has 5 heteroatoms. The number of hydrogen-bond donors (Lipinski definition) is 0. The van der Waals surface area contributed by atoms with Gasteiger partial charge in [0.15, 0.2) is 0 Å². The smallest absolute Gasteiger partial charge is 0.258 e. The van der Waals surface area contributed by atoms with Crippen molar-refractivity contribution < 1.29 is 4.79 Å². The summed E-state index contributed by atoms with van der Waals surface area (Å²) < 4.78 is 1.84. The van der Waals surface area contributed by atoms with E-state index in [0.717, 1.165) is 42.7 Å². The predicted octanol–water partition coefficient (Wildman–Crippen LogP) is 3.35. The van der Waals surface area contributed by atoms with Gasteiger partial charge in [-0.2, -0.15) is 0 Å². The van der Waals surface area contributed by atoms with Gasteiger partial charge >= 0.3 is 0 Å². The number of carbonyl (C=O) groups is 1. The summed E-state index contributed by atoms with van der Waals surface area (Å²) in [4.78, 5) is 14.9. The van der Waals surface area contributed by atoms with Crippen LogP contribution in [-0.2, 0) is 13.0 Å². The molecule has 1 aliphatic heterocycles. The van der Waals surface area contributed by atoms with E-state index in [1.165, 1.54) is 11.1 Å². The average Bonchev–Trinajstić information content (AvgIpc) is 3.02. The monoisotopic (exact) mass is 320 g/mol. The van der Waals surface area contributed by atoms with Gasteiger partial charge in [0, 0.05) is 24.3 Å². The van der Waals surface area contributed by atoms with Crippen molar-refractivity contribution in [3.63, 3.8) is 0 Å². The van der Waals surface area contributed by atoms with Gasteiger partial charge in [-0.3, -0.25) is 4.79 Å². The molecule has 0 fully saturated rings. The molecule has 0 saturated carbocycles. The molecule has 2 aromatic carbocycles. The maximum absolute atomic E-state index is 13.0. The largest absolute Gasteiger partial charge is 0.308 e. The van der Waals surface area contributed by atoms with Crippen LogP contribution in [0.15, 0.2) is 36.4 Å². The Hall–Kier alpha value is -2.69. The zero-order chi connectivity index (χ0) is 16.7. The van der Waals surface area contributed by atoms with Gasteiger partial charge in [0.1, 0.15) is 5.52 Å². The molecule has 1 aliphatic rings. The molecule has 0 saturated heterocycles. The molecule has 24 heavy (non-hydrogen) atoms. The van der Waals surface area contributed by atoms with Gasteiger partial charge in [0.25, 0.3) is 5.91 Å². The Bertz CT molecular complexity index is 928. The first-order valence-electron chi connectivity index (χ1n) is 8.42. The van der Waals surface area contributed by atoms with Gasteiger partial charge in [-0.05, 0) is 56.5 Å². The third kappa shape index (κ3) is 2.37. The van der Waals surface area contributed by atoms with Crippen molar-refractivity contribution in [1.29, 1.82) is 0 Å². The first-order valence-corrected chi connectivity index (χ1v) is 8.42. The molecule has 0 bridgehead atoms. The number of nitrogens with zero attached hydrogens (tertiary/aromatic N) is 4. The Morgan fingerprint density at radius 3 is 2.92 bits per heavy atom. The summed E-state index contributed by atoms with van der Waals surface area (Å²) in [6, 6.07) is 12.0. The van der Waals surface area contributed by atoms with Crippen LogP contribution in [0.25, 0.3) is 11.0 Å². The summed E-state index contributed by atoms with van der Waals surface area (Å²) in [6.07, 6.45) is 2.03. The molecule has 4 rings (SSSR count). The van der Waals surface area contributed by atoms with E-state index >= 15 is 0 Å². The Morgan fingerprint density at radius 1 is 1.21 bits per heavy atom. The predicted molar refractivity (Wildman–Crippen MR) is 94.4 cm³/mol. The van der Waals surface area contributed by atoms with E-state index in [0.29, 0.717) is 5.56 Å². The van der Waals surface area contributed by atoms with Gasteiger partial charge in [0.2, 0.25) is 0 Å². The molecule has 0 aliphatic carbocycles. The number of hydrogen-bond acceptors (Lipinski definition) is 3. The lowest BCUT2D eigenvalue weighted by molar-refractivity contribution is 0.0985. The molecule has 5 nitrogen and oxygen atoms in total. The topological polar surface area (TPSA) is 51.0 Å². The summed E-state index contributed by atoms with van der Waals surface area (Å²) in [7, 11) is 0. The van der Waals surface area contributed by atoms with Crippen LogP contribution in [0.4, 0.5) is 5.69 Å². The molecule has 0 spiro atoms. The molecule has 0 radical (unpaired) electrons. The Morgan fingerprint density at radius 2 is 2.08 bits per heavy atom. The normalized spacial score (nSPS) is 14.0. The van der Waals surface area contributed by atoms with Crippen molar-refractivity contribution >= 4 is 22.6 Å². The maximum Gasteiger partial charge on any atom is 0.258 e. The number of benzene rings is 2. The van der Waals surface area contributed by atoms with Crippen molar-refractivity contribution in [3.8, 4) is 0 Å². The van der Waals surface area contributed by atoms with Crippen LogP contribution in [0.1, 0.15) is 34.8 Å². The molecule has 0 unspecified atom stereocenters. The van der Waals surface area contributed by atoms with E-state index in [9.17, 15) is 4.79 Å². The molecule has 3 aromatic rings. The second-order valence-electron chi connectivity index (χ2n) is 6.30. The van der Waals surface area contributed by atoms with Crippen LogP contribution >= 0.6 is 0 Å². The van der Waals surface area contributed by atoms with Crippen molar-refractivity contribution in [2.75, 3.05) is 11.4 Å². The van der Waals surface area contributed by atoms with Gasteiger partial charge in [-0.25, -0.2) is 4.68 Å². The molecule has 1 aromatic heterocycles. The van der Waals surface area contributed by atoms with Crippen LogP contribution in [-0.4, -0.2) is 27.4 Å². The highest BCUT2D eigenvalue weighted by Gasteiger charge is 2.24. The summed E-state index contributed by atoms with van der Waals surface area (Å²) in [5.41, 5.74) is 5.93. The number of carbonyl (C=O) groups excluding carboxylic acids is 1. The number of amides is 1. The summed E-state index contributed by atoms with van der Waals surface area (Å²) in [6.45, 7) is 5.64. The Labute approximate surface area is 140 Å². The second kappa shape index (κ2) is 5.74. The van der Waals surface area contributed by atoms with Gasteiger partial charge < -0.3 is 4.90 Å². The number of rotatable bonds is 2. The number of aryl methyl sites for hydroxylation is 3. The number of fused-ring (bicyclic) bond motifs is 2. The highest BCUT2D eigenvalue weighted by molar-refractivity contribution is 6.08. The first kappa shape index (κ1) is 14.9. The Balaban J connectivity index is 1.72. The van der Waals surface area contributed by atoms with Gasteiger partial charge in [0.05, 0.1) is 5.52 Å². The lowest BCUT2D eigenvalue weighted by Crippen LogP contribution is -2.35. The average molecular weight is 320 g/mol. The van der Waals surface area contributed by atoms with Crippen LogP contribution in [0.3, 0.4) is 0 Å². The highest BCUT2D eigenvalue weighted by atomic mass is 16.2. The fourth-order valence-electron chi connectivity index (χ4n) is 3.43. The molecule has 2 heterocycles. The fraction of sp³-hybridized carbons (Fsp3) is 0.316. The minimum Gasteiger partial charge on any atom is -0.308 e. The molecule has 0 N–H and O–H groups in total. The molecular weight excluding hydrogens is 300 g/mol. The lowest BCUT2D eigenvalue weighted by Gasteiger charge is -2.30. The van der Waals surface area contributed by atoms with Crippen LogP contribution < -0.4 is 4.90 Å². The third-order valence-corrected chi connectivity index (χ3v) is 4.66. The summed E-state index contributed by atoms with van der Waals surface area (Å²) in [5, 5.41) is 8.29. The third-order valence-electron chi connectivity index (χ3n) is 4.66. The van der Waals surface area contributed by atoms with Crippen molar-refractivity contribution in [3.05, 3.63) is 53.1 Å². The molecule has 0 atom stereocenters. The fourth-order valence-corrected chi connectivity index (χ4v) is 3.43. The first-order chi connectivity index (χ1) is 11.7. The van der Waals surface area contributed by atoms with Crippen LogP contribution in [0.2, 0.25) is 0 Å². The van der Waals surface area contributed by atoms with E-state index in [-0.39, 0.29) is 5.91 Å². The quantitative estimate of drug-likeness (QED) is 0.727. The van der Waals surface area contributed by atoms with Crippen molar-refractivity contribution in [1.82, 2.24) is 15.0 Å². The second-order valence-corrected chi connectivity index (χ2v) is 6.30.